The summed E-state index contributed by atoms with van der Waals surface area (Å²) in [6.45, 7) is 2.00. The summed E-state index contributed by atoms with van der Waals surface area (Å²) in [5, 5.41) is 0. The van der Waals surface area contributed by atoms with E-state index in [0.29, 0.717) is 12.8 Å². The molecule has 0 unspecified atom stereocenters. The smallest absolute Gasteiger partial charge is 0.162 e. The normalized spacial score (nSPS) is 9.67. The van der Waals surface area contributed by atoms with Crippen molar-refractivity contribution in [2.24, 2.45) is 0 Å². The fourth-order valence-electron chi connectivity index (χ4n) is 1.26. The van der Waals surface area contributed by atoms with E-state index in [-0.39, 0.29) is 5.78 Å². The molecule has 0 aromatic heterocycles. The van der Waals surface area contributed by atoms with Gasteiger partial charge in [0.25, 0.3) is 0 Å². The Morgan fingerprint density at radius 2 is 2.27 bits per heavy atom. The van der Waals surface area contributed by atoms with Crippen molar-refractivity contribution >= 4 is 21.7 Å². The highest BCUT2D eigenvalue weighted by Crippen LogP contribution is 2.18. The van der Waals surface area contributed by atoms with Crippen LogP contribution < -0.4 is 0 Å². The van der Waals surface area contributed by atoms with E-state index in [1.54, 1.807) is 0 Å². The first-order chi connectivity index (χ1) is 7.15. The van der Waals surface area contributed by atoms with Crippen LogP contribution in [0.5, 0.6) is 0 Å². The lowest BCUT2D eigenvalue weighted by Crippen LogP contribution is -1.98. The Kier molecular flexibility index (Phi) is 4.58. The minimum atomic E-state index is 0.158. The molecule has 0 spiro atoms. The zero-order valence-corrected chi connectivity index (χ0v) is 10.3. The minimum Gasteiger partial charge on any atom is -0.294 e. The van der Waals surface area contributed by atoms with Crippen molar-refractivity contribution in [1.82, 2.24) is 0 Å². The summed E-state index contributed by atoms with van der Waals surface area (Å²) < 4.78 is 0.977. The van der Waals surface area contributed by atoms with Crippen LogP contribution in [0.15, 0.2) is 22.7 Å². The van der Waals surface area contributed by atoms with Gasteiger partial charge in [0.05, 0.1) is 0 Å². The van der Waals surface area contributed by atoms with Crippen molar-refractivity contribution in [3.05, 3.63) is 33.8 Å². The first-order valence-electron chi connectivity index (χ1n) is 4.88. The maximum Gasteiger partial charge on any atom is 0.162 e. The van der Waals surface area contributed by atoms with Crippen LogP contribution >= 0.6 is 15.9 Å². The quantitative estimate of drug-likeness (QED) is 0.460. The topological polar surface area (TPSA) is 17.1 Å². The van der Waals surface area contributed by atoms with Gasteiger partial charge in [-0.15, -0.1) is 12.3 Å². The summed E-state index contributed by atoms with van der Waals surface area (Å²) in [4.78, 5) is 11.7. The van der Waals surface area contributed by atoms with Crippen molar-refractivity contribution in [3.63, 3.8) is 0 Å². The van der Waals surface area contributed by atoms with Gasteiger partial charge in [-0.2, -0.15) is 0 Å². The van der Waals surface area contributed by atoms with Gasteiger partial charge in [0, 0.05) is 22.9 Å². The van der Waals surface area contributed by atoms with Gasteiger partial charge in [0.1, 0.15) is 0 Å². The Morgan fingerprint density at radius 3 is 2.87 bits per heavy atom. The molecule has 1 nitrogen and oxygen atoms in total. The zero-order chi connectivity index (χ0) is 11.3. The highest BCUT2D eigenvalue weighted by atomic mass is 79.9. The van der Waals surface area contributed by atoms with E-state index >= 15 is 0 Å². The van der Waals surface area contributed by atoms with E-state index in [9.17, 15) is 4.79 Å². The largest absolute Gasteiger partial charge is 0.294 e. The number of terminal acetylenes is 1. The van der Waals surface area contributed by atoms with Crippen LogP contribution in [0.25, 0.3) is 0 Å². The molecule has 15 heavy (non-hydrogen) atoms. The van der Waals surface area contributed by atoms with E-state index in [0.717, 1.165) is 22.0 Å². The molecular weight excluding hydrogens is 252 g/mol. The molecule has 0 heterocycles. The lowest BCUT2D eigenvalue weighted by molar-refractivity contribution is 0.0980. The molecule has 1 rings (SSSR count). The first-order valence-corrected chi connectivity index (χ1v) is 5.67. The Hall–Kier alpha value is -1.07. The van der Waals surface area contributed by atoms with Gasteiger partial charge >= 0.3 is 0 Å². The summed E-state index contributed by atoms with van der Waals surface area (Å²) in [6.07, 6.45) is 7.09. The molecule has 1 aromatic rings. The van der Waals surface area contributed by atoms with Crippen molar-refractivity contribution < 1.29 is 4.79 Å². The van der Waals surface area contributed by atoms with Gasteiger partial charge in [-0.1, -0.05) is 28.1 Å². The summed E-state index contributed by atoms with van der Waals surface area (Å²) in [7, 11) is 0. The maximum absolute atomic E-state index is 11.7. The number of hydrogen-bond donors (Lipinski definition) is 0. The fourth-order valence-corrected chi connectivity index (χ4v) is 1.64. The van der Waals surface area contributed by atoms with E-state index in [1.165, 1.54) is 0 Å². The average Bonchev–Trinajstić information content (AvgIpc) is 2.22. The number of hydrogen-bond acceptors (Lipinski definition) is 1. The number of halogens is 1. The minimum absolute atomic E-state index is 0.158. The predicted octanol–water partition coefficient (Wildman–Crippen LogP) is 3.74. The Labute approximate surface area is 99.0 Å². The number of carbonyl (C=O) groups is 1. The molecule has 0 aliphatic carbocycles. The summed E-state index contributed by atoms with van der Waals surface area (Å²) in [5.74, 6) is 2.69. The number of aryl methyl sites for hydroxylation is 1. The van der Waals surface area contributed by atoms with Gasteiger partial charge in [-0.05, 0) is 25.0 Å². The van der Waals surface area contributed by atoms with Gasteiger partial charge in [-0.3, -0.25) is 4.79 Å². The summed E-state index contributed by atoms with van der Waals surface area (Å²) >= 11 is 3.41. The fraction of sp³-hybridized carbons (Fsp3) is 0.308. The van der Waals surface area contributed by atoms with Crippen LogP contribution in [0.4, 0.5) is 0 Å². The van der Waals surface area contributed by atoms with Crippen LogP contribution in [-0.2, 0) is 0 Å². The van der Waals surface area contributed by atoms with Crippen LogP contribution in [0.2, 0.25) is 0 Å². The third-order valence-electron chi connectivity index (χ3n) is 2.22. The molecule has 78 valence electrons. The molecule has 0 aliphatic heterocycles. The molecule has 0 amide bonds. The second-order valence-corrected chi connectivity index (χ2v) is 4.30. The number of benzene rings is 1. The lowest BCUT2D eigenvalue weighted by Gasteiger charge is -2.02. The third-order valence-corrected chi connectivity index (χ3v) is 3.07. The SMILES string of the molecule is C#CCCCC(=O)c1ccc(C)c(Br)c1. The third kappa shape index (κ3) is 3.53. The predicted molar refractivity (Wildman–Crippen MR) is 65.9 cm³/mol. The Morgan fingerprint density at radius 1 is 1.53 bits per heavy atom. The number of unbranched alkanes of at least 4 members (excludes halogenated alkanes) is 1. The van der Waals surface area contributed by atoms with Crippen molar-refractivity contribution in [3.8, 4) is 12.3 Å². The molecule has 0 N–H and O–H groups in total. The highest BCUT2D eigenvalue weighted by molar-refractivity contribution is 9.10. The Balaban J connectivity index is 2.67. The van der Waals surface area contributed by atoms with E-state index in [2.05, 4.69) is 21.9 Å². The molecule has 0 radical (unpaired) electrons. The standard InChI is InChI=1S/C13H13BrO/c1-3-4-5-6-13(15)11-8-7-10(2)12(14)9-11/h1,7-9H,4-6H2,2H3. The van der Waals surface area contributed by atoms with E-state index in [4.69, 9.17) is 6.42 Å². The van der Waals surface area contributed by atoms with Crippen LogP contribution in [0.1, 0.15) is 35.2 Å². The van der Waals surface area contributed by atoms with Gasteiger partial charge < -0.3 is 0 Å². The van der Waals surface area contributed by atoms with Gasteiger partial charge in [0.2, 0.25) is 0 Å². The van der Waals surface area contributed by atoms with E-state index < -0.39 is 0 Å². The first kappa shape index (κ1) is 12.0. The molecule has 0 bridgehead atoms. The number of ketones is 1. The van der Waals surface area contributed by atoms with Crippen LogP contribution in [0.3, 0.4) is 0 Å². The molecule has 0 saturated heterocycles. The van der Waals surface area contributed by atoms with Crippen LogP contribution in [-0.4, -0.2) is 5.78 Å². The molecular formula is C13H13BrO. The monoisotopic (exact) mass is 264 g/mol. The number of carbonyl (C=O) groups excluding carboxylic acids is 1. The molecule has 1 aromatic carbocycles. The molecule has 0 aliphatic rings. The maximum atomic E-state index is 11.7. The lowest BCUT2D eigenvalue weighted by atomic mass is 10.0. The average molecular weight is 265 g/mol. The molecule has 2 heteroatoms. The highest BCUT2D eigenvalue weighted by Gasteiger charge is 2.06. The molecule has 0 atom stereocenters. The second kappa shape index (κ2) is 5.72. The van der Waals surface area contributed by atoms with E-state index in [1.807, 2.05) is 25.1 Å². The zero-order valence-electron chi connectivity index (χ0n) is 8.72. The number of rotatable bonds is 4. The summed E-state index contributed by atoms with van der Waals surface area (Å²) in [5.41, 5.74) is 1.89. The molecule has 0 saturated carbocycles. The van der Waals surface area contributed by atoms with Gasteiger partial charge in [0.15, 0.2) is 5.78 Å². The van der Waals surface area contributed by atoms with Crippen molar-refractivity contribution in [2.45, 2.75) is 26.2 Å². The Bertz CT molecular complexity index is 401. The second-order valence-electron chi connectivity index (χ2n) is 3.44. The van der Waals surface area contributed by atoms with Gasteiger partial charge in [-0.25, -0.2) is 0 Å². The van der Waals surface area contributed by atoms with Crippen molar-refractivity contribution in [1.29, 1.82) is 0 Å². The van der Waals surface area contributed by atoms with Crippen molar-refractivity contribution in [2.75, 3.05) is 0 Å². The molecule has 0 fully saturated rings. The van der Waals surface area contributed by atoms with Crippen LogP contribution in [0, 0.1) is 19.3 Å². The summed E-state index contributed by atoms with van der Waals surface area (Å²) in [6, 6.07) is 5.67. The number of Topliss-reactive ketones (excluding diaryl/α,β-unsaturated/α-hetero) is 1.